The van der Waals surface area contributed by atoms with Crippen molar-refractivity contribution in [3.63, 3.8) is 0 Å². The number of benzene rings is 3. The summed E-state index contributed by atoms with van der Waals surface area (Å²) < 4.78 is 19.1. The predicted octanol–water partition coefficient (Wildman–Crippen LogP) is 7.03. The van der Waals surface area contributed by atoms with Gasteiger partial charge in [-0.25, -0.2) is 9.79 Å². The summed E-state index contributed by atoms with van der Waals surface area (Å²) in [6, 6.07) is 18.8. The highest BCUT2D eigenvalue weighted by molar-refractivity contribution is 14.1. The molecule has 5 nitrogen and oxygen atoms in total. The minimum absolute atomic E-state index is 0.185. The molecule has 0 aromatic heterocycles. The molecule has 1 aliphatic rings. The molecule has 0 radical (unpaired) electrons. The van der Waals surface area contributed by atoms with Gasteiger partial charge in [0.25, 0.3) is 0 Å². The molecule has 0 atom stereocenters. The lowest BCUT2D eigenvalue weighted by atomic mass is 10.1. The molecule has 168 valence electrons. The lowest BCUT2D eigenvalue weighted by Crippen LogP contribution is -2.06. The van der Waals surface area contributed by atoms with E-state index in [-0.39, 0.29) is 11.6 Å². The van der Waals surface area contributed by atoms with Gasteiger partial charge in [0.15, 0.2) is 17.2 Å². The molecule has 3 aromatic rings. The lowest BCUT2D eigenvalue weighted by Gasteiger charge is -2.13. The molecule has 0 aliphatic carbocycles. The van der Waals surface area contributed by atoms with Gasteiger partial charge in [0.2, 0.25) is 5.90 Å². The molecular formula is C25H18BrClINO4. The van der Waals surface area contributed by atoms with Gasteiger partial charge in [0.1, 0.15) is 6.61 Å². The molecule has 0 unspecified atom stereocenters. The SMILES string of the molecule is CCOc1cc(/C=C2\N=C(c3cc(I)ccc3Cl)OC2=O)ccc1OCc1cccc(Br)c1. The number of carbonyl (C=O) groups is 1. The molecular weight excluding hydrogens is 621 g/mol. The molecule has 1 aliphatic heterocycles. The van der Waals surface area contributed by atoms with Crippen molar-refractivity contribution in [2.45, 2.75) is 13.5 Å². The quantitative estimate of drug-likeness (QED) is 0.159. The largest absolute Gasteiger partial charge is 0.490 e. The maximum absolute atomic E-state index is 12.4. The fourth-order valence-electron chi connectivity index (χ4n) is 3.13. The van der Waals surface area contributed by atoms with Gasteiger partial charge in [-0.2, -0.15) is 0 Å². The first-order chi connectivity index (χ1) is 15.9. The average molecular weight is 639 g/mol. The standard InChI is InChI=1S/C25H18BrClINO4/c1-2-31-23-12-15(6-9-22(23)32-14-16-4-3-5-17(26)10-16)11-21-25(30)33-24(29-21)19-13-18(28)7-8-20(19)27/h3-13H,2,14H2,1H3/b21-11-. The second-order valence-corrected chi connectivity index (χ2v) is 9.59. The number of nitrogens with zero attached hydrogens (tertiary/aromatic N) is 1. The van der Waals surface area contributed by atoms with Crippen LogP contribution in [0.3, 0.4) is 0 Å². The van der Waals surface area contributed by atoms with E-state index in [0.717, 1.165) is 19.2 Å². The molecule has 0 fully saturated rings. The highest BCUT2D eigenvalue weighted by atomic mass is 127. The van der Waals surface area contributed by atoms with Crippen LogP contribution >= 0.6 is 50.1 Å². The fourth-order valence-corrected chi connectivity index (χ4v) is 4.27. The zero-order valence-corrected chi connectivity index (χ0v) is 22.0. The third-order valence-corrected chi connectivity index (χ3v) is 6.13. The summed E-state index contributed by atoms with van der Waals surface area (Å²) in [5.41, 5.74) is 2.53. The Hall–Kier alpha value is -2.36. The maximum atomic E-state index is 12.4. The van der Waals surface area contributed by atoms with Crippen LogP contribution in [-0.4, -0.2) is 18.5 Å². The molecule has 0 bridgehead atoms. The average Bonchev–Trinajstić information content (AvgIpc) is 3.15. The number of aliphatic imine (C=N–C) groups is 1. The maximum Gasteiger partial charge on any atom is 0.363 e. The number of hydrogen-bond donors (Lipinski definition) is 0. The van der Waals surface area contributed by atoms with Crippen molar-refractivity contribution >= 4 is 68.1 Å². The fraction of sp³-hybridized carbons (Fsp3) is 0.120. The number of esters is 1. The molecule has 0 saturated heterocycles. The number of halogens is 3. The van der Waals surface area contributed by atoms with Gasteiger partial charge in [-0.05, 0) is 89.2 Å². The Morgan fingerprint density at radius 1 is 1.09 bits per heavy atom. The van der Waals surface area contributed by atoms with E-state index < -0.39 is 5.97 Å². The smallest absolute Gasteiger partial charge is 0.363 e. The number of cyclic esters (lactones) is 1. The topological polar surface area (TPSA) is 57.1 Å². The number of ether oxygens (including phenoxy) is 3. The van der Waals surface area contributed by atoms with Gasteiger partial charge < -0.3 is 14.2 Å². The minimum Gasteiger partial charge on any atom is -0.490 e. The molecule has 0 amide bonds. The Bertz CT molecular complexity index is 1280. The van der Waals surface area contributed by atoms with E-state index in [1.54, 1.807) is 12.1 Å². The Morgan fingerprint density at radius 3 is 2.73 bits per heavy atom. The number of carbonyl (C=O) groups excluding carboxylic acids is 1. The molecule has 3 aromatic carbocycles. The van der Waals surface area contributed by atoms with E-state index >= 15 is 0 Å². The summed E-state index contributed by atoms with van der Waals surface area (Å²) >= 11 is 11.9. The summed E-state index contributed by atoms with van der Waals surface area (Å²) in [4.78, 5) is 16.8. The van der Waals surface area contributed by atoms with Gasteiger partial charge in [0.05, 0.1) is 17.2 Å². The van der Waals surface area contributed by atoms with E-state index in [4.69, 9.17) is 25.8 Å². The van der Waals surface area contributed by atoms with Crippen LogP contribution in [0.2, 0.25) is 5.02 Å². The van der Waals surface area contributed by atoms with E-state index in [2.05, 4.69) is 43.5 Å². The third kappa shape index (κ3) is 5.96. The number of hydrogen-bond acceptors (Lipinski definition) is 5. The van der Waals surface area contributed by atoms with Crippen LogP contribution in [0, 0.1) is 3.57 Å². The molecule has 4 rings (SSSR count). The first-order valence-electron chi connectivity index (χ1n) is 10.0. The van der Waals surface area contributed by atoms with Gasteiger partial charge in [-0.3, -0.25) is 0 Å². The third-order valence-electron chi connectivity index (χ3n) is 4.63. The van der Waals surface area contributed by atoms with Crippen LogP contribution in [0.5, 0.6) is 11.5 Å². The van der Waals surface area contributed by atoms with Crippen LogP contribution < -0.4 is 9.47 Å². The zero-order chi connectivity index (χ0) is 23.4. The molecule has 0 spiro atoms. The number of rotatable bonds is 7. The van der Waals surface area contributed by atoms with Crippen LogP contribution in [-0.2, 0) is 16.1 Å². The van der Waals surface area contributed by atoms with Gasteiger partial charge in [-0.1, -0.05) is 45.7 Å². The van der Waals surface area contributed by atoms with Crippen molar-refractivity contribution in [3.05, 3.63) is 96.1 Å². The molecule has 0 N–H and O–H groups in total. The normalized spacial score (nSPS) is 14.2. The second-order valence-electron chi connectivity index (χ2n) is 7.02. The Kier molecular flexibility index (Phi) is 7.72. The first-order valence-corrected chi connectivity index (χ1v) is 12.3. The van der Waals surface area contributed by atoms with Crippen molar-refractivity contribution < 1.29 is 19.0 Å². The second kappa shape index (κ2) is 10.7. The van der Waals surface area contributed by atoms with E-state index in [9.17, 15) is 4.79 Å². The highest BCUT2D eigenvalue weighted by Crippen LogP contribution is 2.31. The lowest BCUT2D eigenvalue weighted by molar-refractivity contribution is -0.129. The van der Waals surface area contributed by atoms with Gasteiger partial charge in [0, 0.05) is 8.04 Å². The highest BCUT2D eigenvalue weighted by Gasteiger charge is 2.26. The Morgan fingerprint density at radius 2 is 1.94 bits per heavy atom. The van der Waals surface area contributed by atoms with Crippen molar-refractivity contribution in [3.8, 4) is 11.5 Å². The predicted molar refractivity (Wildman–Crippen MR) is 141 cm³/mol. The van der Waals surface area contributed by atoms with Crippen LogP contribution in [0.1, 0.15) is 23.6 Å². The van der Waals surface area contributed by atoms with E-state index in [1.807, 2.05) is 61.5 Å². The molecule has 8 heteroatoms. The summed E-state index contributed by atoms with van der Waals surface area (Å²) in [6.45, 7) is 2.78. The Balaban J connectivity index is 1.58. The summed E-state index contributed by atoms with van der Waals surface area (Å²) in [5, 5.41) is 0.466. The summed E-state index contributed by atoms with van der Waals surface area (Å²) in [7, 11) is 0. The van der Waals surface area contributed by atoms with Gasteiger partial charge >= 0.3 is 5.97 Å². The molecule has 0 saturated carbocycles. The van der Waals surface area contributed by atoms with Crippen molar-refractivity contribution in [1.29, 1.82) is 0 Å². The van der Waals surface area contributed by atoms with Crippen LogP contribution in [0.25, 0.3) is 6.08 Å². The first kappa shape index (κ1) is 23.8. The Labute approximate surface area is 218 Å². The summed E-state index contributed by atoms with van der Waals surface area (Å²) in [6.07, 6.45) is 1.65. The van der Waals surface area contributed by atoms with Gasteiger partial charge in [-0.15, -0.1) is 0 Å². The van der Waals surface area contributed by atoms with Crippen molar-refractivity contribution in [2.24, 2.45) is 4.99 Å². The molecule has 1 heterocycles. The summed E-state index contributed by atoms with van der Waals surface area (Å²) in [5.74, 6) is 0.850. The monoisotopic (exact) mass is 637 g/mol. The van der Waals surface area contributed by atoms with Crippen molar-refractivity contribution in [1.82, 2.24) is 0 Å². The van der Waals surface area contributed by atoms with E-state index in [1.165, 1.54) is 0 Å². The minimum atomic E-state index is -0.534. The van der Waals surface area contributed by atoms with E-state index in [0.29, 0.717) is 35.3 Å². The zero-order valence-electron chi connectivity index (χ0n) is 17.5. The van der Waals surface area contributed by atoms with Crippen LogP contribution in [0.4, 0.5) is 0 Å². The van der Waals surface area contributed by atoms with Crippen molar-refractivity contribution in [2.75, 3.05) is 6.61 Å². The van der Waals surface area contributed by atoms with Crippen LogP contribution in [0.15, 0.2) is 75.8 Å². The molecule has 33 heavy (non-hydrogen) atoms.